The van der Waals surface area contributed by atoms with E-state index in [0.717, 1.165) is 57.6 Å². The number of likely N-dealkylation sites (tertiary alicyclic amines) is 1. The van der Waals surface area contributed by atoms with Crippen LogP contribution in [0.2, 0.25) is 0 Å². The number of carbonyl (C=O) groups excluding carboxylic acids is 1. The highest BCUT2D eigenvalue weighted by atomic mass is 16.5. The van der Waals surface area contributed by atoms with E-state index < -0.39 is 0 Å². The van der Waals surface area contributed by atoms with Crippen LogP contribution in [0.25, 0.3) is 0 Å². The number of rotatable bonds is 5. The zero-order valence-corrected chi connectivity index (χ0v) is 15.3. The van der Waals surface area contributed by atoms with Gasteiger partial charge in [-0.2, -0.15) is 0 Å². The molecule has 27 heavy (non-hydrogen) atoms. The molecule has 1 amide bonds. The molecule has 1 N–H and O–H groups in total. The minimum Gasteiger partial charge on any atom is -0.381 e. The van der Waals surface area contributed by atoms with Gasteiger partial charge in [-0.05, 0) is 36.7 Å². The first-order valence-corrected chi connectivity index (χ1v) is 9.41. The predicted octanol–water partition coefficient (Wildman–Crippen LogP) is 1.56. The quantitative estimate of drug-likeness (QED) is 0.856. The van der Waals surface area contributed by atoms with E-state index >= 15 is 0 Å². The third-order valence-electron chi connectivity index (χ3n) is 5.49. The Labute approximate surface area is 158 Å². The van der Waals surface area contributed by atoms with Crippen molar-refractivity contribution < 1.29 is 9.53 Å². The van der Waals surface area contributed by atoms with Crippen molar-refractivity contribution in [1.82, 2.24) is 24.8 Å². The van der Waals surface area contributed by atoms with Crippen molar-refractivity contribution in [3.05, 3.63) is 42.2 Å². The third-order valence-corrected chi connectivity index (χ3v) is 5.49. The van der Waals surface area contributed by atoms with Crippen molar-refractivity contribution in [3.63, 3.8) is 0 Å². The summed E-state index contributed by atoms with van der Waals surface area (Å²) in [6.07, 6.45) is 12.2. The second-order valence-corrected chi connectivity index (χ2v) is 7.31. The van der Waals surface area contributed by atoms with E-state index in [0.29, 0.717) is 18.1 Å². The van der Waals surface area contributed by atoms with E-state index in [1.807, 2.05) is 4.90 Å². The summed E-state index contributed by atoms with van der Waals surface area (Å²) >= 11 is 0. The molecule has 2 aromatic heterocycles. The molecule has 2 aromatic rings. The van der Waals surface area contributed by atoms with E-state index in [1.165, 1.54) is 6.33 Å². The third kappa shape index (κ3) is 4.21. The standard InChI is InChI=1S/C19H24N6O2/c26-17(25-6-2-19(13-25)3-7-27-8-4-19)16-11-23-18(24-12-16)22-5-1-15-9-20-14-21-10-15/h9-12,14H,1-8,13H2,(H,22,23,24). The van der Waals surface area contributed by atoms with Gasteiger partial charge in [-0.3, -0.25) is 4.79 Å². The van der Waals surface area contributed by atoms with E-state index in [2.05, 4.69) is 25.3 Å². The number of amides is 1. The lowest BCUT2D eigenvalue weighted by atomic mass is 9.80. The minimum atomic E-state index is 0.0198. The highest BCUT2D eigenvalue weighted by Crippen LogP contribution is 2.40. The van der Waals surface area contributed by atoms with Crippen LogP contribution in [0.4, 0.5) is 5.95 Å². The summed E-state index contributed by atoms with van der Waals surface area (Å²) in [6, 6.07) is 0. The average molecular weight is 368 g/mol. The van der Waals surface area contributed by atoms with Crippen molar-refractivity contribution in [1.29, 1.82) is 0 Å². The average Bonchev–Trinajstić information content (AvgIpc) is 3.12. The number of carbonyl (C=O) groups is 1. The van der Waals surface area contributed by atoms with E-state index in [1.54, 1.807) is 24.8 Å². The van der Waals surface area contributed by atoms with Crippen molar-refractivity contribution in [2.75, 3.05) is 38.2 Å². The second-order valence-electron chi connectivity index (χ2n) is 7.31. The first-order valence-electron chi connectivity index (χ1n) is 9.41. The van der Waals surface area contributed by atoms with Gasteiger partial charge in [0.05, 0.1) is 5.56 Å². The zero-order chi connectivity index (χ0) is 18.5. The Morgan fingerprint density at radius 1 is 1.11 bits per heavy atom. The fourth-order valence-corrected chi connectivity index (χ4v) is 3.81. The van der Waals surface area contributed by atoms with Crippen LogP contribution in [0.5, 0.6) is 0 Å². The molecule has 0 radical (unpaired) electrons. The Hall–Kier alpha value is -2.61. The number of ether oxygens (including phenoxy) is 1. The minimum absolute atomic E-state index is 0.0198. The molecular formula is C19H24N6O2. The molecule has 0 unspecified atom stereocenters. The van der Waals surface area contributed by atoms with Gasteiger partial charge in [0.25, 0.3) is 5.91 Å². The summed E-state index contributed by atoms with van der Waals surface area (Å²) in [4.78, 5) is 31.3. The Morgan fingerprint density at radius 3 is 2.59 bits per heavy atom. The number of hydrogen-bond donors (Lipinski definition) is 1. The van der Waals surface area contributed by atoms with Crippen LogP contribution in [-0.2, 0) is 11.2 Å². The van der Waals surface area contributed by atoms with Crippen molar-refractivity contribution >= 4 is 11.9 Å². The summed E-state index contributed by atoms with van der Waals surface area (Å²) in [5.41, 5.74) is 1.84. The maximum absolute atomic E-state index is 12.8. The van der Waals surface area contributed by atoms with Crippen LogP contribution in [0.3, 0.4) is 0 Å². The lowest BCUT2D eigenvalue weighted by Gasteiger charge is -2.33. The molecule has 0 atom stereocenters. The van der Waals surface area contributed by atoms with E-state index in [-0.39, 0.29) is 11.3 Å². The molecule has 8 heteroatoms. The Morgan fingerprint density at radius 2 is 1.85 bits per heavy atom. The molecular weight excluding hydrogens is 344 g/mol. The summed E-state index contributed by atoms with van der Waals surface area (Å²) in [7, 11) is 0. The van der Waals surface area contributed by atoms with Gasteiger partial charge in [0.1, 0.15) is 6.33 Å². The topological polar surface area (TPSA) is 93.1 Å². The molecule has 1 spiro atoms. The van der Waals surface area contributed by atoms with Gasteiger partial charge >= 0.3 is 0 Å². The van der Waals surface area contributed by atoms with E-state index in [9.17, 15) is 4.79 Å². The highest BCUT2D eigenvalue weighted by molar-refractivity contribution is 5.93. The molecule has 4 rings (SSSR count). The fraction of sp³-hybridized carbons (Fsp3) is 0.526. The van der Waals surface area contributed by atoms with Crippen LogP contribution in [-0.4, -0.2) is 63.6 Å². The van der Waals surface area contributed by atoms with Gasteiger partial charge in [0.15, 0.2) is 0 Å². The monoisotopic (exact) mass is 368 g/mol. The van der Waals surface area contributed by atoms with Gasteiger partial charge in [-0.15, -0.1) is 0 Å². The molecule has 2 fully saturated rings. The normalized spacial score (nSPS) is 18.6. The molecule has 2 saturated heterocycles. The maximum Gasteiger partial charge on any atom is 0.257 e. The highest BCUT2D eigenvalue weighted by Gasteiger charge is 2.41. The summed E-state index contributed by atoms with van der Waals surface area (Å²) in [5, 5.41) is 3.16. The zero-order valence-electron chi connectivity index (χ0n) is 15.3. The first kappa shape index (κ1) is 17.8. The van der Waals surface area contributed by atoms with Crippen molar-refractivity contribution in [2.45, 2.75) is 25.7 Å². The number of nitrogens with zero attached hydrogens (tertiary/aromatic N) is 5. The van der Waals surface area contributed by atoms with Crippen LogP contribution in [0.1, 0.15) is 35.2 Å². The van der Waals surface area contributed by atoms with Crippen LogP contribution in [0, 0.1) is 5.41 Å². The molecule has 8 nitrogen and oxygen atoms in total. The summed E-state index contributed by atoms with van der Waals surface area (Å²) in [5.74, 6) is 0.539. The molecule has 0 aliphatic carbocycles. The maximum atomic E-state index is 12.8. The van der Waals surface area contributed by atoms with Gasteiger partial charge in [-0.25, -0.2) is 19.9 Å². The van der Waals surface area contributed by atoms with Crippen LogP contribution < -0.4 is 5.32 Å². The van der Waals surface area contributed by atoms with Gasteiger partial charge < -0.3 is 15.0 Å². The van der Waals surface area contributed by atoms with Crippen molar-refractivity contribution in [3.8, 4) is 0 Å². The lowest BCUT2D eigenvalue weighted by molar-refractivity contribution is 0.0191. The number of hydrogen-bond acceptors (Lipinski definition) is 7. The summed E-state index contributed by atoms with van der Waals surface area (Å²) in [6.45, 7) is 3.91. The number of anilines is 1. The Balaban J connectivity index is 1.30. The van der Waals surface area contributed by atoms with Crippen LogP contribution >= 0.6 is 0 Å². The molecule has 2 aliphatic heterocycles. The first-order chi connectivity index (χ1) is 13.2. The summed E-state index contributed by atoms with van der Waals surface area (Å²) < 4.78 is 5.47. The number of aromatic nitrogens is 4. The largest absolute Gasteiger partial charge is 0.381 e. The second kappa shape index (κ2) is 7.96. The smallest absolute Gasteiger partial charge is 0.257 e. The molecule has 0 saturated carbocycles. The fourth-order valence-electron chi connectivity index (χ4n) is 3.81. The molecule has 4 heterocycles. The number of nitrogens with one attached hydrogen (secondary N) is 1. The molecule has 142 valence electrons. The van der Waals surface area contributed by atoms with Gasteiger partial charge in [0.2, 0.25) is 5.95 Å². The lowest BCUT2D eigenvalue weighted by Crippen LogP contribution is -2.35. The molecule has 0 bridgehead atoms. The van der Waals surface area contributed by atoms with Gasteiger partial charge in [0, 0.05) is 57.6 Å². The Bertz CT molecular complexity index is 762. The van der Waals surface area contributed by atoms with Gasteiger partial charge in [-0.1, -0.05) is 0 Å². The molecule has 2 aliphatic rings. The SMILES string of the molecule is O=C(c1cnc(NCCc2cncnc2)nc1)N1CCC2(CCOCC2)C1. The van der Waals surface area contributed by atoms with Crippen molar-refractivity contribution in [2.24, 2.45) is 5.41 Å². The molecule has 0 aromatic carbocycles. The predicted molar refractivity (Wildman–Crippen MR) is 99.3 cm³/mol. The Kier molecular flexibility index (Phi) is 5.24. The van der Waals surface area contributed by atoms with Crippen LogP contribution in [0.15, 0.2) is 31.1 Å². The van der Waals surface area contributed by atoms with E-state index in [4.69, 9.17) is 4.74 Å².